The minimum absolute atomic E-state index is 0.242. The zero-order valence-corrected chi connectivity index (χ0v) is 15.8. The lowest BCUT2D eigenvalue weighted by Gasteiger charge is -2.12. The topological polar surface area (TPSA) is 53.8 Å². The summed E-state index contributed by atoms with van der Waals surface area (Å²) in [5.74, 6) is 0.982. The number of aromatic nitrogens is 3. The quantitative estimate of drug-likeness (QED) is 0.488. The van der Waals surface area contributed by atoms with Gasteiger partial charge >= 0.3 is 0 Å². The molecule has 2 aromatic carbocycles. The van der Waals surface area contributed by atoms with Crippen molar-refractivity contribution in [2.75, 3.05) is 6.26 Å². The lowest BCUT2D eigenvalue weighted by molar-refractivity contribution is 0.475. The molecule has 1 aromatic heterocycles. The Morgan fingerprint density at radius 2 is 1.88 bits per heavy atom. The summed E-state index contributed by atoms with van der Waals surface area (Å²) in [7, 11) is 0. The predicted octanol–water partition coefficient (Wildman–Crippen LogP) is 5.36. The van der Waals surface area contributed by atoms with Gasteiger partial charge < -0.3 is 5.11 Å². The molecule has 24 heavy (non-hydrogen) atoms. The molecule has 0 radical (unpaired) electrons. The van der Waals surface area contributed by atoms with E-state index in [0.717, 1.165) is 27.5 Å². The summed E-state index contributed by atoms with van der Waals surface area (Å²) in [4.78, 5) is 1.12. The highest BCUT2D eigenvalue weighted by Gasteiger charge is 2.15. The molecular weight excluding hydrogens is 338 g/mol. The molecule has 0 aliphatic carbocycles. The highest BCUT2D eigenvalue weighted by molar-refractivity contribution is 7.98. The minimum atomic E-state index is 0.242. The van der Waals surface area contributed by atoms with E-state index in [2.05, 4.69) is 16.3 Å². The molecule has 0 aliphatic rings. The fourth-order valence-corrected chi connectivity index (χ4v) is 3.23. The fourth-order valence-electron chi connectivity index (χ4n) is 2.41. The van der Waals surface area contributed by atoms with Crippen LogP contribution in [0.15, 0.2) is 47.4 Å². The maximum atomic E-state index is 9.60. The van der Waals surface area contributed by atoms with Gasteiger partial charge in [0.2, 0.25) is 0 Å². The summed E-state index contributed by atoms with van der Waals surface area (Å²) in [5.41, 5.74) is 2.87. The fraction of sp³-hybridized carbons (Fsp3) is 0.222. The number of aromatic hydroxyl groups is 1. The maximum Gasteiger partial charge on any atom is 0.200 e. The average Bonchev–Trinajstić information content (AvgIpc) is 2.98. The molecule has 0 saturated heterocycles. The second-order valence-electron chi connectivity index (χ2n) is 4.86. The van der Waals surface area contributed by atoms with E-state index in [0.29, 0.717) is 4.77 Å². The van der Waals surface area contributed by atoms with Crippen LogP contribution in [0.4, 0.5) is 0 Å². The molecule has 2 N–H and O–H groups in total. The first-order valence-electron chi connectivity index (χ1n) is 7.72. The van der Waals surface area contributed by atoms with Gasteiger partial charge in [0, 0.05) is 10.5 Å². The van der Waals surface area contributed by atoms with Crippen LogP contribution in [-0.2, 0) is 0 Å². The van der Waals surface area contributed by atoms with E-state index in [9.17, 15) is 5.11 Å². The largest absolute Gasteiger partial charge is 0.508 e. The number of rotatable bonds is 3. The van der Waals surface area contributed by atoms with Gasteiger partial charge in [-0.05, 0) is 61.3 Å². The van der Waals surface area contributed by atoms with Crippen molar-refractivity contribution in [1.29, 1.82) is 0 Å². The van der Waals surface area contributed by atoms with Gasteiger partial charge in [0.15, 0.2) is 10.6 Å². The lowest BCUT2D eigenvalue weighted by atomic mass is 10.1. The van der Waals surface area contributed by atoms with Crippen molar-refractivity contribution in [2.45, 2.75) is 25.7 Å². The predicted molar refractivity (Wildman–Crippen MR) is 104 cm³/mol. The first-order chi connectivity index (χ1) is 11.6. The molecule has 0 bridgehead atoms. The Bertz CT molecular complexity index is 884. The summed E-state index contributed by atoms with van der Waals surface area (Å²) in [6, 6.07) is 13.3. The SMILES string of the molecule is CC.CSc1ccccc1-n1c(-c2ccc(O)cc2C)n[nH]c1=S. The van der Waals surface area contributed by atoms with Gasteiger partial charge in [0.1, 0.15) is 5.75 Å². The number of hydrogen-bond acceptors (Lipinski definition) is 4. The van der Waals surface area contributed by atoms with E-state index in [1.54, 1.807) is 23.9 Å². The van der Waals surface area contributed by atoms with Crippen LogP contribution in [0.25, 0.3) is 17.1 Å². The van der Waals surface area contributed by atoms with Crippen LogP contribution in [0.5, 0.6) is 5.75 Å². The summed E-state index contributed by atoms with van der Waals surface area (Å²) in [5, 5.41) is 16.9. The van der Waals surface area contributed by atoms with Gasteiger partial charge in [0.25, 0.3) is 0 Å². The third kappa shape index (κ3) is 3.55. The standard InChI is InChI=1S/C16H15N3OS2.C2H6/c1-10-9-11(20)7-8-12(10)15-17-18-16(21)19(15)13-5-3-4-6-14(13)22-2;1-2/h3-9,20H,1-2H3,(H,18,21);1-2H3. The van der Waals surface area contributed by atoms with Gasteiger partial charge in [0.05, 0.1) is 5.69 Å². The van der Waals surface area contributed by atoms with E-state index < -0.39 is 0 Å². The molecule has 0 atom stereocenters. The summed E-state index contributed by atoms with van der Waals surface area (Å²) < 4.78 is 2.48. The Labute approximate surface area is 151 Å². The Morgan fingerprint density at radius 1 is 1.17 bits per heavy atom. The van der Waals surface area contributed by atoms with Gasteiger partial charge in [-0.2, -0.15) is 5.10 Å². The number of nitrogens with one attached hydrogen (secondary N) is 1. The van der Waals surface area contributed by atoms with Crippen LogP contribution in [0.2, 0.25) is 0 Å². The Balaban J connectivity index is 0.00000100. The molecule has 0 unspecified atom stereocenters. The normalized spacial score (nSPS) is 10.2. The number of nitrogens with zero attached hydrogens (tertiary/aromatic N) is 2. The smallest absolute Gasteiger partial charge is 0.200 e. The maximum absolute atomic E-state index is 9.60. The van der Waals surface area contributed by atoms with Crippen molar-refractivity contribution in [1.82, 2.24) is 14.8 Å². The lowest BCUT2D eigenvalue weighted by Crippen LogP contribution is -2.00. The van der Waals surface area contributed by atoms with Crippen molar-refractivity contribution in [2.24, 2.45) is 0 Å². The second kappa shape index (κ2) is 8.17. The Kier molecular flexibility index (Phi) is 6.23. The van der Waals surface area contributed by atoms with Gasteiger partial charge in [-0.3, -0.25) is 9.67 Å². The summed E-state index contributed by atoms with van der Waals surface area (Å²) in [6.45, 7) is 5.94. The first kappa shape index (κ1) is 18.3. The first-order valence-corrected chi connectivity index (χ1v) is 9.36. The van der Waals surface area contributed by atoms with E-state index in [1.807, 2.05) is 55.9 Å². The number of aromatic amines is 1. The summed E-state index contributed by atoms with van der Waals surface area (Å²) >= 11 is 7.08. The number of benzene rings is 2. The third-order valence-electron chi connectivity index (χ3n) is 3.45. The van der Waals surface area contributed by atoms with Gasteiger partial charge in [-0.15, -0.1) is 11.8 Å². The van der Waals surface area contributed by atoms with Crippen molar-refractivity contribution in [3.05, 3.63) is 52.8 Å². The molecule has 0 spiro atoms. The summed E-state index contributed by atoms with van der Waals surface area (Å²) in [6.07, 6.45) is 2.04. The van der Waals surface area contributed by atoms with Crippen molar-refractivity contribution >= 4 is 24.0 Å². The minimum Gasteiger partial charge on any atom is -0.508 e. The molecule has 0 amide bonds. The molecule has 1 heterocycles. The van der Waals surface area contributed by atoms with Crippen LogP contribution in [0, 0.1) is 11.7 Å². The molecular formula is C18H21N3OS2. The molecule has 0 fully saturated rings. The van der Waals surface area contributed by atoms with E-state index in [4.69, 9.17) is 12.2 Å². The number of hydrogen-bond donors (Lipinski definition) is 2. The number of H-pyrrole nitrogens is 1. The van der Waals surface area contributed by atoms with E-state index in [1.165, 1.54) is 0 Å². The monoisotopic (exact) mass is 359 g/mol. The van der Waals surface area contributed by atoms with Crippen LogP contribution in [-0.4, -0.2) is 26.1 Å². The van der Waals surface area contributed by atoms with Crippen LogP contribution in [0.3, 0.4) is 0 Å². The van der Waals surface area contributed by atoms with E-state index in [-0.39, 0.29) is 5.75 Å². The number of phenols is 1. The highest BCUT2D eigenvalue weighted by Crippen LogP contribution is 2.30. The highest BCUT2D eigenvalue weighted by atomic mass is 32.2. The van der Waals surface area contributed by atoms with Crippen LogP contribution >= 0.6 is 24.0 Å². The molecule has 126 valence electrons. The molecule has 0 saturated carbocycles. The molecule has 4 nitrogen and oxygen atoms in total. The Hall–Kier alpha value is -2.05. The molecule has 3 aromatic rings. The molecule has 0 aliphatic heterocycles. The number of phenolic OH excluding ortho intramolecular Hbond substituents is 1. The zero-order chi connectivity index (χ0) is 17.7. The third-order valence-corrected chi connectivity index (χ3v) is 4.51. The average molecular weight is 360 g/mol. The second-order valence-corrected chi connectivity index (χ2v) is 6.09. The molecule has 6 heteroatoms. The number of para-hydroxylation sites is 1. The van der Waals surface area contributed by atoms with E-state index >= 15 is 0 Å². The zero-order valence-electron chi connectivity index (χ0n) is 14.2. The van der Waals surface area contributed by atoms with Gasteiger partial charge in [-0.25, -0.2) is 0 Å². The van der Waals surface area contributed by atoms with Gasteiger partial charge in [-0.1, -0.05) is 26.0 Å². The van der Waals surface area contributed by atoms with Crippen LogP contribution in [0.1, 0.15) is 19.4 Å². The van der Waals surface area contributed by atoms with Crippen LogP contribution < -0.4 is 0 Å². The van der Waals surface area contributed by atoms with Crippen molar-refractivity contribution in [3.63, 3.8) is 0 Å². The van der Waals surface area contributed by atoms with Crippen molar-refractivity contribution in [3.8, 4) is 22.8 Å². The Morgan fingerprint density at radius 3 is 2.54 bits per heavy atom. The molecule has 3 rings (SSSR count). The number of thioether (sulfide) groups is 1. The number of aryl methyl sites for hydroxylation is 1. The van der Waals surface area contributed by atoms with Crippen molar-refractivity contribution < 1.29 is 5.11 Å².